The average Bonchev–Trinajstić information content (AvgIpc) is 2.70. The Morgan fingerprint density at radius 2 is 2.33 bits per heavy atom. The lowest BCUT2D eigenvalue weighted by Gasteiger charge is -2.02. The third-order valence-electron chi connectivity index (χ3n) is 1.74. The van der Waals surface area contributed by atoms with Crippen LogP contribution in [0.15, 0.2) is 29.6 Å². The predicted molar refractivity (Wildman–Crippen MR) is 58.7 cm³/mol. The molecule has 0 bridgehead atoms. The van der Waals surface area contributed by atoms with Crippen LogP contribution in [0.3, 0.4) is 0 Å². The molecule has 5 nitrogen and oxygen atoms in total. The number of nitrogens with one attached hydrogen (secondary N) is 1. The predicted octanol–water partition coefficient (Wildman–Crippen LogP) is 1.37. The molecule has 0 fully saturated rings. The van der Waals surface area contributed by atoms with Gasteiger partial charge in [0.2, 0.25) is 0 Å². The zero-order chi connectivity index (χ0) is 10.7. The molecule has 1 amide bonds. The van der Waals surface area contributed by atoms with Gasteiger partial charge in [-0.3, -0.25) is 4.79 Å². The number of carbonyl (C=O) groups is 1. The number of nitrogen functional groups attached to an aromatic ring is 1. The first-order chi connectivity index (χ1) is 7.25. The summed E-state index contributed by atoms with van der Waals surface area (Å²) >= 11 is 1.13. The van der Waals surface area contributed by atoms with Gasteiger partial charge in [-0.1, -0.05) is 10.6 Å². The van der Waals surface area contributed by atoms with Gasteiger partial charge in [0.25, 0.3) is 5.91 Å². The van der Waals surface area contributed by atoms with Gasteiger partial charge in [-0.25, -0.2) is 0 Å². The highest BCUT2D eigenvalue weighted by atomic mass is 32.1. The van der Waals surface area contributed by atoms with Crippen molar-refractivity contribution < 1.29 is 4.79 Å². The van der Waals surface area contributed by atoms with Gasteiger partial charge in [0, 0.05) is 16.8 Å². The minimum absolute atomic E-state index is 0.283. The molecule has 0 radical (unpaired) electrons. The maximum Gasteiger partial charge on any atom is 0.277 e. The summed E-state index contributed by atoms with van der Waals surface area (Å²) in [5.41, 5.74) is 7.13. The molecule has 6 heteroatoms. The van der Waals surface area contributed by atoms with Crippen LogP contribution in [-0.2, 0) is 0 Å². The number of nitrogens with two attached hydrogens (primary N) is 1. The molecule has 0 saturated heterocycles. The number of carbonyl (C=O) groups excluding carboxylic acids is 1. The van der Waals surface area contributed by atoms with Crippen molar-refractivity contribution in [1.82, 2.24) is 9.59 Å². The highest BCUT2D eigenvalue weighted by molar-refractivity contribution is 7.03. The number of nitrogens with zero attached hydrogens (tertiary/aromatic N) is 2. The molecule has 0 aliphatic carbocycles. The van der Waals surface area contributed by atoms with Crippen LogP contribution in [0.2, 0.25) is 0 Å². The molecule has 1 aromatic heterocycles. The van der Waals surface area contributed by atoms with Crippen LogP contribution in [-0.4, -0.2) is 15.5 Å². The fourth-order valence-corrected chi connectivity index (χ4v) is 1.51. The Bertz CT molecular complexity index is 469. The minimum atomic E-state index is -0.283. The fraction of sp³-hybridized carbons (Fsp3) is 0. The first-order valence-electron chi connectivity index (χ1n) is 4.19. The lowest BCUT2D eigenvalue weighted by molar-refractivity contribution is 0.102. The van der Waals surface area contributed by atoms with Crippen LogP contribution in [0.4, 0.5) is 11.4 Å². The second kappa shape index (κ2) is 4.05. The summed E-state index contributed by atoms with van der Waals surface area (Å²) in [6.07, 6.45) is 0. The van der Waals surface area contributed by atoms with E-state index in [1.807, 2.05) is 0 Å². The lowest BCUT2D eigenvalue weighted by atomic mass is 10.3. The molecular weight excluding hydrogens is 212 g/mol. The normalized spacial score (nSPS) is 9.87. The summed E-state index contributed by atoms with van der Waals surface area (Å²) in [6.45, 7) is 0. The molecule has 0 spiro atoms. The summed E-state index contributed by atoms with van der Waals surface area (Å²) in [6, 6.07) is 6.95. The van der Waals surface area contributed by atoms with E-state index in [-0.39, 0.29) is 5.91 Å². The van der Waals surface area contributed by atoms with Crippen LogP contribution in [0.1, 0.15) is 10.5 Å². The molecule has 1 aromatic carbocycles. The summed E-state index contributed by atoms with van der Waals surface area (Å²) in [5, 5.41) is 7.92. The third-order valence-corrected chi connectivity index (χ3v) is 2.24. The number of anilines is 2. The fourth-order valence-electron chi connectivity index (χ4n) is 1.08. The summed E-state index contributed by atoms with van der Waals surface area (Å²) in [5.74, 6) is -0.283. The van der Waals surface area contributed by atoms with E-state index in [2.05, 4.69) is 14.9 Å². The van der Waals surface area contributed by atoms with Crippen molar-refractivity contribution in [3.8, 4) is 0 Å². The molecule has 0 atom stereocenters. The van der Waals surface area contributed by atoms with Crippen LogP contribution < -0.4 is 11.1 Å². The van der Waals surface area contributed by atoms with E-state index in [0.29, 0.717) is 17.1 Å². The van der Waals surface area contributed by atoms with Gasteiger partial charge in [-0.15, -0.1) is 5.10 Å². The standard InChI is InChI=1S/C9H8N4OS/c10-6-2-1-3-7(4-6)11-9(14)8-5-15-13-12-8/h1-5H,10H2,(H,11,14). The Kier molecular flexibility index (Phi) is 2.59. The number of amides is 1. The van der Waals surface area contributed by atoms with E-state index in [0.717, 1.165) is 11.5 Å². The number of benzene rings is 1. The Labute approximate surface area is 90.1 Å². The summed E-state index contributed by atoms with van der Waals surface area (Å²) in [4.78, 5) is 11.5. The Morgan fingerprint density at radius 1 is 1.47 bits per heavy atom. The Balaban J connectivity index is 2.13. The Morgan fingerprint density at radius 3 is 3.00 bits per heavy atom. The monoisotopic (exact) mass is 220 g/mol. The first-order valence-corrected chi connectivity index (χ1v) is 5.03. The number of hydrogen-bond donors (Lipinski definition) is 2. The smallest absolute Gasteiger partial charge is 0.277 e. The van der Waals surface area contributed by atoms with Crippen molar-refractivity contribution in [3.05, 3.63) is 35.3 Å². The van der Waals surface area contributed by atoms with Crippen LogP contribution in [0.5, 0.6) is 0 Å². The maximum absolute atomic E-state index is 11.5. The maximum atomic E-state index is 11.5. The lowest BCUT2D eigenvalue weighted by Crippen LogP contribution is -2.12. The summed E-state index contributed by atoms with van der Waals surface area (Å²) in [7, 11) is 0. The van der Waals surface area contributed by atoms with Gasteiger partial charge in [-0.2, -0.15) is 0 Å². The molecule has 1 heterocycles. The second-order valence-corrected chi connectivity index (χ2v) is 3.48. The van der Waals surface area contributed by atoms with Gasteiger partial charge in [0.05, 0.1) is 0 Å². The summed E-state index contributed by atoms with van der Waals surface area (Å²) < 4.78 is 3.61. The topological polar surface area (TPSA) is 80.9 Å². The van der Waals surface area contributed by atoms with Gasteiger partial charge < -0.3 is 11.1 Å². The average molecular weight is 220 g/mol. The van der Waals surface area contributed by atoms with E-state index in [1.165, 1.54) is 0 Å². The molecule has 0 saturated carbocycles. The van der Waals surface area contributed by atoms with Crippen molar-refractivity contribution in [2.75, 3.05) is 11.1 Å². The second-order valence-electron chi connectivity index (χ2n) is 2.87. The first kappa shape index (κ1) is 9.60. The molecule has 0 aliphatic heterocycles. The third kappa shape index (κ3) is 2.29. The molecular formula is C9H8N4OS. The van der Waals surface area contributed by atoms with Gasteiger partial charge >= 0.3 is 0 Å². The van der Waals surface area contributed by atoms with Gasteiger partial charge in [0.15, 0.2) is 5.69 Å². The number of aromatic nitrogens is 2. The quantitative estimate of drug-likeness (QED) is 0.749. The van der Waals surface area contributed by atoms with Crippen LogP contribution >= 0.6 is 11.5 Å². The Hall–Kier alpha value is -1.95. The van der Waals surface area contributed by atoms with Crippen molar-refractivity contribution in [2.45, 2.75) is 0 Å². The molecule has 0 unspecified atom stereocenters. The van der Waals surface area contributed by atoms with Crippen molar-refractivity contribution >= 4 is 28.8 Å². The molecule has 2 aromatic rings. The molecule has 0 aliphatic rings. The van der Waals surface area contributed by atoms with Crippen LogP contribution in [0, 0.1) is 0 Å². The minimum Gasteiger partial charge on any atom is -0.399 e. The molecule has 76 valence electrons. The van der Waals surface area contributed by atoms with Crippen molar-refractivity contribution in [3.63, 3.8) is 0 Å². The molecule has 2 rings (SSSR count). The number of hydrogen-bond acceptors (Lipinski definition) is 5. The van der Waals surface area contributed by atoms with Crippen molar-refractivity contribution in [2.24, 2.45) is 0 Å². The van der Waals surface area contributed by atoms with Gasteiger partial charge in [-0.05, 0) is 29.7 Å². The molecule has 15 heavy (non-hydrogen) atoms. The molecule has 3 N–H and O–H groups in total. The van der Waals surface area contributed by atoms with Crippen LogP contribution in [0.25, 0.3) is 0 Å². The van der Waals surface area contributed by atoms with Crippen molar-refractivity contribution in [1.29, 1.82) is 0 Å². The number of rotatable bonds is 2. The van der Waals surface area contributed by atoms with E-state index in [4.69, 9.17) is 5.73 Å². The van der Waals surface area contributed by atoms with Gasteiger partial charge in [0.1, 0.15) is 0 Å². The zero-order valence-corrected chi connectivity index (χ0v) is 8.49. The largest absolute Gasteiger partial charge is 0.399 e. The van der Waals surface area contributed by atoms with E-state index in [1.54, 1.807) is 29.6 Å². The van der Waals surface area contributed by atoms with E-state index >= 15 is 0 Å². The highest BCUT2D eigenvalue weighted by Crippen LogP contribution is 2.12. The van der Waals surface area contributed by atoms with E-state index < -0.39 is 0 Å². The SMILES string of the molecule is Nc1cccc(NC(=O)c2csnn2)c1. The zero-order valence-electron chi connectivity index (χ0n) is 7.68. The van der Waals surface area contributed by atoms with E-state index in [9.17, 15) is 4.79 Å². The highest BCUT2D eigenvalue weighted by Gasteiger charge is 2.08.